The van der Waals surface area contributed by atoms with Gasteiger partial charge in [0.15, 0.2) is 0 Å². The van der Waals surface area contributed by atoms with Crippen molar-refractivity contribution in [2.45, 2.75) is 6.54 Å². The lowest BCUT2D eigenvalue weighted by Crippen LogP contribution is -2.27. The molecule has 0 aliphatic carbocycles. The number of nitrogens with zero attached hydrogens (tertiary/aromatic N) is 1. The fourth-order valence-electron chi connectivity index (χ4n) is 4.49. The summed E-state index contributed by atoms with van der Waals surface area (Å²) in [4.78, 5) is 28.2. The molecule has 0 saturated carbocycles. The first-order valence-electron chi connectivity index (χ1n) is 11.2. The maximum atomic E-state index is 14.1. The van der Waals surface area contributed by atoms with E-state index in [1.54, 1.807) is 17.0 Å². The van der Waals surface area contributed by atoms with E-state index in [9.17, 15) is 9.59 Å². The van der Waals surface area contributed by atoms with Gasteiger partial charge >= 0.3 is 5.97 Å². The van der Waals surface area contributed by atoms with Crippen LogP contribution < -0.4 is 4.90 Å². The number of hydrogen-bond acceptors (Lipinski definition) is 3. The molecule has 1 aliphatic rings. The van der Waals surface area contributed by atoms with Crippen molar-refractivity contribution < 1.29 is 14.3 Å². The highest BCUT2D eigenvalue weighted by molar-refractivity contribution is 6.39. The van der Waals surface area contributed by atoms with Crippen molar-refractivity contribution in [3.8, 4) is 0 Å². The van der Waals surface area contributed by atoms with Crippen LogP contribution in [0.4, 0.5) is 5.69 Å². The molecule has 1 heterocycles. The van der Waals surface area contributed by atoms with Crippen molar-refractivity contribution in [2.24, 2.45) is 0 Å². The van der Waals surface area contributed by atoms with Gasteiger partial charge in [0.05, 0.1) is 30.5 Å². The fourth-order valence-corrected chi connectivity index (χ4v) is 4.62. The molecule has 0 atom stereocenters. The second-order valence-corrected chi connectivity index (χ2v) is 8.62. The number of carbonyl (C=O) groups excluding carboxylic acids is 2. The Morgan fingerprint density at radius 3 is 2.17 bits per heavy atom. The van der Waals surface area contributed by atoms with E-state index in [1.807, 2.05) is 91.0 Å². The molecule has 0 unspecified atom stereocenters. The summed E-state index contributed by atoms with van der Waals surface area (Å²) < 4.78 is 4.96. The highest BCUT2D eigenvalue weighted by Crippen LogP contribution is 2.43. The zero-order valence-corrected chi connectivity index (χ0v) is 19.8. The van der Waals surface area contributed by atoms with Crippen molar-refractivity contribution in [3.63, 3.8) is 0 Å². The van der Waals surface area contributed by atoms with E-state index in [1.165, 1.54) is 7.11 Å². The van der Waals surface area contributed by atoms with Crippen LogP contribution in [0.3, 0.4) is 0 Å². The molecule has 5 heteroatoms. The zero-order chi connectivity index (χ0) is 24.4. The maximum Gasteiger partial charge on any atom is 0.338 e. The van der Waals surface area contributed by atoms with Crippen LogP contribution in [-0.2, 0) is 16.1 Å². The average Bonchev–Trinajstić information content (AvgIpc) is 3.17. The van der Waals surface area contributed by atoms with E-state index in [-0.39, 0.29) is 12.5 Å². The number of benzene rings is 4. The van der Waals surface area contributed by atoms with Gasteiger partial charge in [-0.15, -0.1) is 0 Å². The predicted octanol–water partition coefficient (Wildman–Crippen LogP) is 6.63. The third kappa shape index (κ3) is 4.25. The number of hydrogen-bond donors (Lipinski definition) is 0. The van der Waals surface area contributed by atoms with Gasteiger partial charge in [0.1, 0.15) is 0 Å². The Balaban J connectivity index is 1.70. The van der Waals surface area contributed by atoms with Crippen molar-refractivity contribution in [1.82, 2.24) is 0 Å². The summed E-state index contributed by atoms with van der Waals surface area (Å²) in [5.74, 6) is -0.554. The molecule has 0 spiro atoms. The summed E-state index contributed by atoms with van der Waals surface area (Å²) in [7, 11) is 1.36. The van der Waals surface area contributed by atoms with Crippen LogP contribution in [0.5, 0.6) is 0 Å². The summed E-state index contributed by atoms with van der Waals surface area (Å²) >= 11 is 6.17. The Bertz CT molecular complexity index is 1440. The lowest BCUT2D eigenvalue weighted by Gasteiger charge is -2.19. The van der Waals surface area contributed by atoms with Crippen molar-refractivity contribution in [2.75, 3.05) is 12.0 Å². The fraction of sp³-hybridized carbons (Fsp3) is 0.0667. The topological polar surface area (TPSA) is 46.6 Å². The van der Waals surface area contributed by atoms with Gasteiger partial charge in [-0.05, 0) is 41.0 Å². The van der Waals surface area contributed by atoms with Crippen molar-refractivity contribution in [1.29, 1.82) is 0 Å². The molecular weight excluding hydrogens is 458 g/mol. The standard InChI is InChI=1S/C30H22ClNO3/c1-35-30(34)24-12-6-5-11-22(24)19-32-26-14-8-7-13-25(26)28(29(32)33)27(20-9-3-2-4-10-20)21-15-17-23(31)18-16-21/h2-18H,19H2,1H3. The lowest BCUT2D eigenvalue weighted by atomic mass is 9.90. The van der Waals surface area contributed by atoms with Crippen LogP contribution in [0.25, 0.3) is 11.1 Å². The molecule has 4 nitrogen and oxygen atoms in total. The van der Waals surface area contributed by atoms with Crippen LogP contribution in [-0.4, -0.2) is 19.0 Å². The molecule has 0 radical (unpaired) electrons. The summed E-state index contributed by atoms with van der Waals surface area (Å²) in [6.45, 7) is 0.243. The Kier molecular flexibility index (Phi) is 6.21. The van der Waals surface area contributed by atoms with E-state index >= 15 is 0 Å². The number of carbonyl (C=O) groups is 2. The first-order chi connectivity index (χ1) is 17.1. The van der Waals surface area contributed by atoms with Gasteiger partial charge in [-0.3, -0.25) is 4.79 Å². The predicted molar refractivity (Wildman–Crippen MR) is 139 cm³/mol. The molecule has 35 heavy (non-hydrogen) atoms. The molecule has 4 aromatic rings. The molecule has 1 aliphatic heterocycles. The number of amides is 1. The summed E-state index contributed by atoms with van der Waals surface area (Å²) in [5.41, 5.74) is 6.10. The first kappa shape index (κ1) is 22.6. The Hall–Kier alpha value is -4.15. The van der Waals surface area contributed by atoms with Gasteiger partial charge in [0, 0.05) is 16.2 Å². The van der Waals surface area contributed by atoms with Gasteiger partial charge < -0.3 is 9.64 Å². The molecule has 172 valence electrons. The molecule has 5 rings (SSSR count). The third-order valence-corrected chi connectivity index (χ3v) is 6.37. The molecule has 4 aromatic carbocycles. The number of anilines is 1. The average molecular weight is 480 g/mol. The Morgan fingerprint density at radius 2 is 1.43 bits per heavy atom. The number of halogens is 1. The Morgan fingerprint density at radius 1 is 0.800 bits per heavy atom. The number of para-hydroxylation sites is 1. The quantitative estimate of drug-likeness (QED) is 0.238. The van der Waals surface area contributed by atoms with Crippen LogP contribution in [0, 0.1) is 0 Å². The monoisotopic (exact) mass is 479 g/mol. The first-order valence-corrected chi connectivity index (χ1v) is 11.6. The number of methoxy groups -OCH3 is 1. The number of fused-ring (bicyclic) bond motifs is 1. The minimum Gasteiger partial charge on any atom is -0.465 e. The van der Waals surface area contributed by atoms with Gasteiger partial charge in [0.25, 0.3) is 5.91 Å². The van der Waals surface area contributed by atoms with Gasteiger partial charge in [-0.25, -0.2) is 4.79 Å². The highest BCUT2D eigenvalue weighted by atomic mass is 35.5. The van der Waals surface area contributed by atoms with E-state index in [0.717, 1.165) is 33.5 Å². The minimum absolute atomic E-state index is 0.125. The number of esters is 1. The summed E-state index contributed by atoms with van der Waals surface area (Å²) in [6.07, 6.45) is 0. The maximum absolute atomic E-state index is 14.1. The molecule has 1 amide bonds. The Labute approximate surface area is 209 Å². The van der Waals surface area contributed by atoms with Gasteiger partial charge in [-0.1, -0.05) is 90.5 Å². The molecule has 0 N–H and O–H groups in total. The third-order valence-electron chi connectivity index (χ3n) is 6.12. The minimum atomic E-state index is -0.428. The summed E-state index contributed by atoms with van der Waals surface area (Å²) in [6, 6.07) is 32.4. The second kappa shape index (κ2) is 9.61. The van der Waals surface area contributed by atoms with Gasteiger partial charge in [0.2, 0.25) is 0 Å². The smallest absolute Gasteiger partial charge is 0.338 e. The summed E-state index contributed by atoms with van der Waals surface area (Å²) in [5, 5.41) is 0.630. The van der Waals surface area contributed by atoms with E-state index in [0.29, 0.717) is 16.2 Å². The van der Waals surface area contributed by atoms with E-state index < -0.39 is 5.97 Å². The molecule has 0 saturated heterocycles. The van der Waals surface area contributed by atoms with Crippen LogP contribution in [0.1, 0.15) is 32.6 Å². The lowest BCUT2D eigenvalue weighted by molar-refractivity contribution is -0.113. The number of ether oxygens (including phenoxy) is 1. The molecular formula is C30H22ClNO3. The van der Waals surface area contributed by atoms with Gasteiger partial charge in [-0.2, -0.15) is 0 Å². The second-order valence-electron chi connectivity index (χ2n) is 8.18. The van der Waals surface area contributed by atoms with E-state index in [2.05, 4.69) is 0 Å². The SMILES string of the molecule is COC(=O)c1ccccc1CN1C(=O)C(=C(c2ccccc2)c2ccc(Cl)cc2)c2ccccc21. The van der Waals surface area contributed by atoms with Crippen molar-refractivity contribution >= 4 is 40.3 Å². The largest absolute Gasteiger partial charge is 0.465 e. The zero-order valence-electron chi connectivity index (χ0n) is 19.1. The highest BCUT2D eigenvalue weighted by Gasteiger charge is 2.35. The van der Waals surface area contributed by atoms with Crippen molar-refractivity contribution in [3.05, 3.63) is 136 Å². The number of rotatable bonds is 5. The van der Waals surface area contributed by atoms with Crippen LogP contribution in [0.15, 0.2) is 103 Å². The van der Waals surface area contributed by atoms with Crippen LogP contribution >= 0.6 is 11.6 Å². The van der Waals surface area contributed by atoms with E-state index in [4.69, 9.17) is 16.3 Å². The molecule has 0 bridgehead atoms. The molecule has 0 fully saturated rings. The van der Waals surface area contributed by atoms with Crippen LogP contribution in [0.2, 0.25) is 5.02 Å². The normalized spacial score (nSPS) is 14.0. The molecule has 0 aromatic heterocycles.